The first-order chi connectivity index (χ1) is 7.15. The highest BCUT2D eigenvalue weighted by Gasteiger charge is 2.21. The molecule has 0 saturated carbocycles. The van der Waals surface area contributed by atoms with Gasteiger partial charge in [-0.3, -0.25) is 0 Å². The van der Waals surface area contributed by atoms with Gasteiger partial charge in [0.15, 0.2) is 0 Å². The van der Waals surface area contributed by atoms with E-state index < -0.39 is 0 Å². The molecule has 0 aliphatic carbocycles. The average Bonchev–Trinajstić information content (AvgIpc) is 2.09. The van der Waals surface area contributed by atoms with Crippen LogP contribution in [0.1, 0.15) is 74.1 Å². The molecule has 0 fully saturated rings. The predicted octanol–water partition coefficient (Wildman–Crippen LogP) is 4.62. The fourth-order valence-corrected chi connectivity index (χ4v) is 1.63. The van der Waals surface area contributed by atoms with Gasteiger partial charge in [0.05, 0.1) is 0 Å². The van der Waals surface area contributed by atoms with Crippen molar-refractivity contribution < 1.29 is 0 Å². The van der Waals surface area contributed by atoms with Crippen LogP contribution in [0.4, 0.5) is 0 Å². The zero-order valence-electron chi connectivity index (χ0n) is 12.6. The smallest absolute Gasteiger partial charge is 0.00965 e. The van der Waals surface area contributed by atoms with Crippen molar-refractivity contribution in [3.8, 4) is 0 Å². The van der Waals surface area contributed by atoms with Crippen LogP contribution >= 0.6 is 0 Å². The largest absolute Gasteiger partial charge is 0.312 e. The summed E-state index contributed by atoms with van der Waals surface area (Å²) >= 11 is 0. The summed E-state index contributed by atoms with van der Waals surface area (Å²) in [6, 6.07) is 0. The van der Waals surface area contributed by atoms with Crippen LogP contribution in [0.25, 0.3) is 0 Å². The van der Waals surface area contributed by atoms with Gasteiger partial charge < -0.3 is 5.32 Å². The Morgan fingerprint density at radius 1 is 0.875 bits per heavy atom. The fourth-order valence-electron chi connectivity index (χ4n) is 1.63. The number of hydrogen-bond donors (Lipinski definition) is 1. The Hall–Kier alpha value is -0.0400. The first kappa shape index (κ1) is 16.0. The van der Waals surface area contributed by atoms with Gasteiger partial charge in [0.25, 0.3) is 0 Å². The van der Waals surface area contributed by atoms with Crippen LogP contribution in [-0.4, -0.2) is 12.1 Å². The second-order valence-corrected chi connectivity index (χ2v) is 7.13. The molecule has 0 atom stereocenters. The molecule has 0 saturated heterocycles. The lowest BCUT2D eigenvalue weighted by molar-refractivity contribution is 0.220. The molecule has 0 unspecified atom stereocenters. The molecule has 0 aliphatic rings. The van der Waals surface area contributed by atoms with Gasteiger partial charge in [-0.15, -0.1) is 0 Å². The zero-order chi connectivity index (χ0) is 12.8. The molecule has 0 radical (unpaired) electrons. The lowest BCUT2D eigenvalue weighted by Gasteiger charge is -2.29. The van der Waals surface area contributed by atoms with E-state index in [2.05, 4.69) is 53.8 Å². The summed E-state index contributed by atoms with van der Waals surface area (Å²) in [5.41, 5.74) is 0.786. The lowest BCUT2D eigenvalue weighted by Crippen LogP contribution is -2.36. The normalized spacial score (nSPS) is 13.5. The number of unbranched alkanes of at least 4 members (excludes halogenated alkanes) is 2. The maximum atomic E-state index is 3.54. The van der Waals surface area contributed by atoms with Crippen molar-refractivity contribution in [1.29, 1.82) is 0 Å². The minimum absolute atomic E-state index is 0.275. The van der Waals surface area contributed by atoms with Crippen molar-refractivity contribution in [2.75, 3.05) is 6.54 Å². The topological polar surface area (TPSA) is 12.0 Å². The summed E-state index contributed by atoms with van der Waals surface area (Å²) in [5.74, 6) is 0.792. The zero-order valence-corrected chi connectivity index (χ0v) is 12.6. The average molecular weight is 227 g/mol. The number of hydrogen-bond acceptors (Lipinski definition) is 1. The fraction of sp³-hybridized carbons (Fsp3) is 1.00. The van der Waals surface area contributed by atoms with Crippen molar-refractivity contribution in [3.05, 3.63) is 0 Å². The van der Waals surface area contributed by atoms with E-state index in [1.807, 2.05) is 0 Å². The van der Waals surface area contributed by atoms with Gasteiger partial charge in [0.1, 0.15) is 0 Å². The molecular weight excluding hydrogens is 194 g/mol. The van der Waals surface area contributed by atoms with E-state index in [1.54, 1.807) is 0 Å². The van der Waals surface area contributed by atoms with E-state index in [4.69, 9.17) is 0 Å². The Morgan fingerprint density at radius 3 is 1.88 bits per heavy atom. The van der Waals surface area contributed by atoms with Gasteiger partial charge in [-0.25, -0.2) is 0 Å². The second-order valence-electron chi connectivity index (χ2n) is 7.13. The van der Waals surface area contributed by atoms with Gasteiger partial charge >= 0.3 is 0 Å². The third kappa shape index (κ3) is 8.15. The molecule has 0 rings (SSSR count). The van der Waals surface area contributed by atoms with Crippen molar-refractivity contribution in [2.45, 2.75) is 79.7 Å². The molecule has 0 aliphatic heterocycles. The predicted molar refractivity (Wildman–Crippen MR) is 74.8 cm³/mol. The summed E-state index contributed by atoms with van der Waals surface area (Å²) < 4.78 is 0. The molecule has 0 aromatic carbocycles. The first-order valence-corrected chi connectivity index (χ1v) is 6.90. The molecule has 16 heavy (non-hydrogen) atoms. The minimum Gasteiger partial charge on any atom is -0.312 e. The monoisotopic (exact) mass is 227 g/mol. The van der Waals surface area contributed by atoms with E-state index in [1.165, 1.54) is 25.7 Å². The number of rotatable bonds is 7. The molecule has 0 spiro atoms. The van der Waals surface area contributed by atoms with E-state index in [0.717, 1.165) is 12.5 Å². The van der Waals surface area contributed by atoms with Crippen molar-refractivity contribution in [2.24, 2.45) is 11.3 Å². The van der Waals surface area contributed by atoms with Crippen LogP contribution in [0.3, 0.4) is 0 Å². The standard InChI is InChI=1S/C15H33N/c1-13(2)15(6,7)11-9-8-10-12-16-14(3,4)5/h13,16H,8-12H2,1-7H3. The van der Waals surface area contributed by atoms with Crippen LogP contribution in [0, 0.1) is 11.3 Å². The summed E-state index contributed by atoms with van der Waals surface area (Å²) in [5, 5.41) is 3.54. The van der Waals surface area contributed by atoms with E-state index in [-0.39, 0.29) is 5.54 Å². The maximum Gasteiger partial charge on any atom is 0.00965 e. The third-order valence-corrected chi connectivity index (χ3v) is 3.72. The highest BCUT2D eigenvalue weighted by Crippen LogP contribution is 2.31. The van der Waals surface area contributed by atoms with Crippen LogP contribution < -0.4 is 5.32 Å². The third-order valence-electron chi connectivity index (χ3n) is 3.72. The van der Waals surface area contributed by atoms with Crippen LogP contribution in [0.5, 0.6) is 0 Å². The molecule has 0 aromatic rings. The van der Waals surface area contributed by atoms with Crippen molar-refractivity contribution >= 4 is 0 Å². The van der Waals surface area contributed by atoms with E-state index in [0.29, 0.717) is 5.41 Å². The van der Waals surface area contributed by atoms with Gasteiger partial charge in [-0.1, -0.05) is 40.5 Å². The van der Waals surface area contributed by atoms with Crippen molar-refractivity contribution in [3.63, 3.8) is 0 Å². The second kappa shape index (κ2) is 6.64. The highest BCUT2D eigenvalue weighted by atomic mass is 14.9. The van der Waals surface area contributed by atoms with E-state index in [9.17, 15) is 0 Å². The minimum atomic E-state index is 0.275. The Balaban J connectivity index is 3.48. The molecule has 0 aromatic heterocycles. The van der Waals surface area contributed by atoms with Gasteiger partial charge in [0, 0.05) is 5.54 Å². The molecule has 1 N–H and O–H groups in total. The Labute approximate surface area is 103 Å². The highest BCUT2D eigenvalue weighted by molar-refractivity contribution is 4.73. The maximum absolute atomic E-state index is 3.54. The molecule has 0 heterocycles. The Kier molecular flexibility index (Phi) is 6.62. The number of nitrogens with one attached hydrogen (secondary N) is 1. The summed E-state index contributed by atoms with van der Waals surface area (Å²) in [6.07, 6.45) is 5.40. The van der Waals surface area contributed by atoms with Crippen molar-refractivity contribution in [1.82, 2.24) is 5.32 Å². The van der Waals surface area contributed by atoms with Gasteiger partial charge in [-0.2, -0.15) is 0 Å². The molecule has 1 nitrogen and oxygen atoms in total. The van der Waals surface area contributed by atoms with Gasteiger partial charge in [-0.05, 0) is 51.5 Å². The van der Waals surface area contributed by atoms with Gasteiger partial charge in [0.2, 0.25) is 0 Å². The first-order valence-electron chi connectivity index (χ1n) is 6.90. The summed E-state index contributed by atoms with van der Waals surface area (Å²) in [6.45, 7) is 17.3. The van der Waals surface area contributed by atoms with Crippen LogP contribution in [0.2, 0.25) is 0 Å². The summed E-state index contributed by atoms with van der Waals surface area (Å²) in [4.78, 5) is 0. The Morgan fingerprint density at radius 2 is 1.44 bits per heavy atom. The molecule has 98 valence electrons. The van der Waals surface area contributed by atoms with Crippen LogP contribution in [-0.2, 0) is 0 Å². The lowest BCUT2D eigenvalue weighted by atomic mass is 9.77. The SMILES string of the molecule is CC(C)C(C)(C)CCCCCNC(C)(C)C. The quantitative estimate of drug-likeness (QED) is 0.626. The molecule has 1 heteroatoms. The Bertz CT molecular complexity index is 174. The summed E-state index contributed by atoms with van der Waals surface area (Å²) in [7, 11) is 0. The molecular formula is C15H33N. The molecule has 0 amide bonds. The molecule has 0 bridgehead atoms. The van der Waals surface area contributed by atoms with E-state index >= 15 is 0 Å². The van der Waals surface area contributed by atoms with Crippen LogP contribution in [0.15, 0.2) is 0 Å².